The SMILES string of the molecule is C[Si](C)(C)c1ccc(C=NNC(N)=O)cc1. The number of nitrogens with one attached hydrogen (secondary N) is 1. The van der Waals surface area contributed by atoms with Crippen LogP contribution >= 0.6 is 0 Å². The second-order valence-corrected chi connectivity index (χ2v) is 9.68. The van der Waals surface area contributed by atoms with Crippen LogP contribution in [0.25, 0.3) is 0 Å². The van der Waals surface area contributed by atoms with Crippen LogP contribution in [0.4, 0.5) is 4.79 Å². The third-order valence-corrected chi connectivity index (χ3v) is 4.23. The van der Waals surface area contributed by atoms with E-state index >= 15 is 0 Å². The second kappa shape index (κ2) is 4.94. The van der Waals surface area contributed by atoms with E-state index in [0.29, 0.717) is 0 Å². The Labute approximate surface area is 96.6 Å². The van der Waals surface area contributed by atoms with Crippen molar-refractivity contribution in [3.63, 3.8) is 0 Å². The fourth-order valence-electron chi connectivity index (χ4n) is 1.24. The number of hydrazone groups is 1. The zero-order valence-corrected chi connectivity index (χ0v) is 10.8. The van der Waals surface area contributed by atoms with Crippen LogP contribution in [0.2, 0.25) is 19.6 Å². The minimum absolute atomic E-state index is 0.657. The summed E-state index contributed by atoms with van der Waals surface area (Å²) in [6.07, 6.45) is 1.57. The molecule has 1 aromatic rings. The maximum atomic E-state index is 10.4. The van der Waals surface area contributed by atoms with E-state index in [0.717, 1.165) is 5.56 Å². The highest BCUT2D eigenvalue weighted by Crippen LogP contribution is 2.03. The maximum absolute atomic E-state index is 10.4. The summed E-state index contributed by atoms with van der Waals surface area (Å²) in [5.74, 6) is 0. The highest BCUT2D eigenvalue weighted by atomic mass is 28.3. The average molecular weight is 235 g/mol. The van der Waals surface area contributed by atoms with Gasteiger partial charge in [0.15, 0.2) is 0 Å². The van der Waals surface area contributed by atoms with E-state index in [2.05, 4.69) is 42.3 Å². The van der Waals surface area contributed by atoms with Crippen LogP contribution in [0.1, 0.15) is 5.56 Å². The number of carbonyl (C=O) groups is 1. The first-order chi connectivity index (χ1) is 7.39. The van der Waals surface area contributed by atoms with Crippen LogP contribution < -0.4 is 16.3 Å². The highest BCUT2D eigenvalue weighted by Gasteiger charge is 2.15. The van der Waals surface area contributed by atoms with Gasteiger partial charge in [-0.1, -0.05) is 49.1 Å². The van der Waals surface area contributed by atoms with Crippen molar-refractivity contribution in [3.8, 4) is 0 Å². The summed E-state index contributed by atoms with van der Waals surface area (Å²) in [6.45, 7) is 6.89. The summed E-state index contributed by atoms with van der Waals surface area (Å²) in [4.78, 5) is 10.4. The lowest BCUT2D eigenvalue weighted by molar-refractivity contribution is 0.249. The fraction of sp³-hybridized carbons (Fsp3) is 0.273. The van der Waals surface area contributed by atoms with Gasteiger partial charge < -0.3 is 5.73 Å². The van der Waals surface area contributed by atoms with Crippen LogP contribution in [-0.4, -0.2) is 20.3 Å². The topological polar surface area (TPSA) is 67.5 Å². The number of amides is 2. The van der Waals surface area contributed by atoms with Gasteiger partial charge in [0.05, 0.1) is 14.3 Å². The number of urea groups is 1. The van der Waals surface area contributed by atoms with Crippen LogP contribution in [0.15, 0.2) is 29.4 Å². The summed E-state index contributed by atoms with van der Waals surface area (Å²) in [5.41, 5.74) is 7.98. The van der Waals surface area contributed by atoms with Gasteiger partial charge in [0.1, 0.15) is 0 Å². The van der Waals surface area contributed by atoms with Crippen LogP contribution in [0, 0.1) is 0 Å². The Bertz CT molecular complexity index is 393. The van der Waals surface area contributed by atoms with Crippen molar-refractivity contribution in [2.45, 2.75) is 19.6 Å². The van der Waals surface area contributed by atoms with Gasteiger partial charge in [0, 0.05) is 0 Å². The Kier molecular flexibility index (Phi) is 3.84. The molecule has 2 amide bonds. The molecule has 4 nitrogen and oxygen atoms in total. The number of benzene rings is 1. The lowest BCUT2D eigenvalue weighted by Gasteiger charge is -2.16. The summed E-state index contributed by atoms with van der Waals surface area (Å²) in [7, 11) is -1.24. The Morgan fingerprint density at radius 3 is 2.31 bits per heavy atom. The summed E-state index contributed by atoms with van der Waals surface area (Å²) in [5, 5.41) is 5.09. The van der Waals surface area contributed by atoms with Crippen LogP contribution in [-0.2, 0) is 0 Å². The number of nitrogens with two attached hydrogens (primary N) is 1. The second-order valence-electron chi connectivity index (χ2n) is 4.61. The molecule has 0 aliphatic heterocycles. The third kappa shape index (κ3) is 3.86. The van der Waals surface area contributed by atoms with Crippen LogP contribution in [0.3, 0.4) is 0 Å². The Morgan fingerprint density at radius 1 is 1.31 bits per heavy atom. The number of carbonyl (C=O) groups excluding carboxylic acids is 1. The fourth-order valence-corrected chi connectivity index (χ4v) is 2.41. The molecule has 3 N–H and O–H groups in total. The lowest BCUT2D eigenvalue weighted by atomic mass is 10.2. The Hall–Kier alpha value is -1.62. The van der Waals surface area contributed by atoms with E-state index in [9.17, 15) is 4.79 Å². The van der Waals surface area contributed by atoms with E-state index < -0.39 is 14.1 Å². The van der Waals surface area contributed by atoms with Crippen molar-refractivity contribution in [1.82, 2.24) is 5.43 Å². The van der Waals surface area contributed by atoms with Crippen molar-refractivity contribution in [2.75, 3.05) is 0 Å². The molecule has 0 heterocycles. The van der Waals surface area contributed by atoms with Crippen molar-refractivity contribution >= 4 is 25.5 Å². The zero-order valence-electron chi connectivity index (χ0n) is 9.82. The quantitative estimate of drug-likeness (QED) is 0.462. The number of primary amides is 1. The van der Waals surface area contributed by atoms with Gasteiger partial charge in [-0.25, -0.2) is 10.2 Å². The van der Waals surface area contributed by atoms with Gasteiger partial charge in [-0.15, -0.1) is 0 Å². The molecular weight excluding hydrogens is 218 g/mol. The van der Waals surface area contributed by atoms with Crippen molar-refractivity contribution in [3.05, 3.63) is 29.8 Å². The molecule has 0 saturated heterocycles. The van der Waals surface area contributed by atoms with E-state index in [1.807, 2.05) is 12.1 Å². The molecule has 5 heteroatoms. The molecule has 0 spiro atoms. The summed E-state index contributed by atoms with van der Waals surface area (Å²) < 4.78 is 0. The largest absolute Gasteiger partial charge is 0.350 e. The number of rotatable bonds is 3. The predicted molar refractivity (Wildman–Crippen MR) is 69.7 cm³/mol. The molecule has 0 fully saturated rings. The summed E-state index contributed by atoms with van der Waals surface area (Å²) in [6, 6.07) is 7.53. The zero-order chi connectivity index (χ0) is 12.2. The molecule has 16 heavy (non-hydrogen) atoms. The Morgan fingerprint density at radius 2 is 1.88 bits per heavy atom. The van der Waals surface area contributed by atoms with Crippen molar-refractivity contribution in [1.29, 1.82) is 0 Å². The van der Waals surface area contributed by atoms with Gasteiger partial charge in [0.2, 0.25) is 0 Å². The van der Waals surface area contributed by atoms with Gasteiger partial charge in [-0.05, 0) is 5.56 Å². The number of hydrogen-bond donors (Lipinski definition) is 2. The molecule has 0 bridgehead atoms. The molecule has 0 aliphatic rings. The molecular formula is C11H17N3OSi. The molecule has 0 atom stereocenters. The van der Waals surface area contributed by atoms with E-state index in [4.69, 9.17) is 5.73 Å². The minimum Gasteiger partial charge on any atom is -0.350 e. The standard InChI is InChI=1S/C11H17N3OSi/c1-16(2,3)10-6-4-9(5-7-10)8-13-14-11(12)15/h4-8H,1-3H3,(H3,12,14,15). The molecule has 1 rings (SSSR count). The van der Waals surface area contributed by atoms with Gasteiger partial charge >= 0.3 is 6.03 Å². The summed E-state index contributed by atoms with van der Waals surface area (Å²) >= 11 is 0. The van der Waals surface area contributed by atoms with Gasteiger partial charge in [-0.2, -0.15) is 5.10 Å². The van der Waals surface area contributed by atoms with E-state index in [1.54, 1.807) is 6.21 Å². The predicted octanol–water partition coefficient (Wildman–Crippen LogP) is 1.23. The monoisotopic (exact) mass is 235 g/mol. The molecule has 1 aromatic carbocycles. The van der Waals surface area contributed by atoms with Crippen molar-refractivity contribution in [2.24, 2.45) is 10.8 Å². The average Bonchev–Trinajstić information content (AvgIpc) is 2.16. The molecule has 0 unspecified atom stereocenters. The molecule has 86 valence electrons. The van der Waals surface area contributed by atoms with Gasteiger partial charge in [-0.3, -0.25) is 0 Å². The lowest BCUT2D eigenvalue weighted by Crippen LogP contribution is -2.37. The van der Waals surface area contributed by atoms with Crippen LogP contribution in [0.5, 0.6) is 0 Å². The first-order valence-corrected chi connectivity index (χ1v) is 8.58. The maximum Gasteiger partial charge on any atom is 0.332 e. The molecule has 0 aromatic heterocycles. The molecule has 0 saturated carbocycles. The van der Waals surface area contributed by atoms with Crippen molar-refractivity contribution < 1.29 is 4.79 Å². The Balaban J connectivity index is 2.72. The first kappa shape index (κ1) is 12.4. The molecule has 0 radical (unpaired) electrons. The highest BCUT2D eigenvalue weighted by molar-refractivity contribution is 6.88. The van der Waals surface area contributed by atoms with E-state index in [-0.39, 0.29) is 0 Å². The first-order valence-electron chi connectivity index (χ1n) is 5.08. The third-order valence-electron chi connectivity index (χ3n) is 2.17. The number of nitrogens with zero attached hydrogens (tertiary/aromatic N) is 1. The smallest absolute Gasteiger partial charge is 0.332 e. The number of hydrogen-bond acceptors (Lipinski definition) is 2. The molecule has 0 aliphatic carbocycles. The van der Waals surface area contributed by atoms with Gasteiger partial charge in [0.25, 0.3) is 0 Å². The van der Waals surface area contributed by atoms with E-state index in [1.165, 1.54) is 5.19 Å². The minimum atomic E-state index is -1.24. The normalized spacial score (nSPS) is 11.7.